The van der Waals surface area contributed by atoms with Gasteiger partial charge < -0.3 is 0 Å². The third-order valence-corrected chi connectivity index (χ3v) is 9.09. The highest BCUT2D eigenvalue weighted by Gasteiger charge is 2.43. The number of benzene rings is 4. The molecule has 0 heterocycles. The van der Waals surface area contributed by atoms with Crippen LogP contribution in [0.3, 0.4) is 0 Å². The van der Waals surface area contributed by atoms with E-state index in [1.165, 1.54) is 16.7 Å². The van der Waals surface area contributed by atoms with Gasteiger partial charge in [-0.25, -0.2) is 0 Å². The van der Waals surface area contributed by atoms with Crippen LogP contribution in [0.1, 0.15) is 22.3 Å². The Morgan fingerprint density at radius 2 is 1.03 bits per heavy atom. The Labute approximate surface area is 194 Å². The Morgan fingerprint density at radius 3 is 1.43 bits per heavy atom. The van der Waals surface area contributed by atoms with Gasteiger partial charge in [-0.05, 0) is 34.4 Å². The second kappa shape index (κ2) is 9.54. The van der Waals surface area contributed by atoms with E-state index in [-0.39, 0.29) is 0 Å². The number of halogens is 3. The van der Waals surface area contributed by atoms with E-state index in [4.69, 9.17) is 34.4 Å². The molecule has 0 saturated carbocycles. The molecule has 4 rings (SSSR count). The maximum absolute atomic E-state index is 7.43. The Kier molecular flexibility index (Phi) is 6.81. The van der Waals surface area contributed by atoms with Crippen LogP contribution in [0.4, 0.5) is 0 Å². The molecule has 0 nitrogen and oxygen atoms in total. The van der Waals surface area contributed by atoms with Crippen molar-refractivity contribution in [2.24, 2.45) is 0 Å². The van der Waals surface area contributed by atoms with E-state index in [0.717, 1.165) is 5.56 Å². The van der Waals surface area contributed by atoms with E-state index < -0.39 is 12.4 Å². The highest BCUT2D eigenvalue weighted by Crippen LogP contribution is 2.68. The monoisotopic (exact) mass is 468 g/mol. The fraction of sp³-hybridized carbons (Fsp3) is 0.0769. The molecule has 0 radical (unpaired) electrons. The van der Waals surface area contributed by atoms with Gasteiger partial charge in [-0.15, -0.1) is 0 Å². The largest absolute Gasteiger partial charge is 0.0944 e. The number of hydrogen-bond donors (Lipinski definition) is 0. The zero-order valence-electron chi connectivity index (χ0n) is 16.2. The standard InChI is InChI=1S/C26H20Cl3P/c27-24-17-16-20(25(28)18-24)19-30(29)26(21-10-4-1-5-11-21,22-12-6-2-7-13-22)23-14-8-3-9-15-23/h1-18H,19H2. The van der Waals surface area contributed by atoms with Gasteiger partial charge in [0.2, 0.25) is 0 Å². The predicted molar refractivity (Wildman–Crippen MR) is 132 cm³/mol. The normalized spacial score (nSPS) is 12.5. The van der Waals surface area contributed by atoms with Crippen molar-refractivity contribution in [2.45, 2.75) is 11.3 Å². The maximum Gasteiger partial charge on any atom is 0.0793 e. The van der Waals surface area contributed by atoms with E-state index >= 15 is 0 Å². The van der Waals surface area contributed by atoms with Crippen LogP contribution in [0.5, 0.6) is 0 Å². The molecule has 0 aliphatic carbocycles. The van der Waals surface area contributed by atoms with Crippen molar-refractivity contribution in [3.63, 3.8) is 0 Å². The van der Waals surface area contributed by atoms with Crippen molar-refractivity contribution in [3.05, 3.63) is 141 Å². The zero-order valence-corrected chi connectivity index (χ0v) is 19.3. The van der Waals surface area contributed by atoms with Crippen molar-refractivity contribution in [2.75, 3.05) is 0 Å². The van der Waals surface area contributed by atoms with Gasteiger partial charge in [-0.3, -0.25) is 0 Å². The second-order valence-corrected chi connectivity index (χ2v) is 10.8. The van der Waals surface area contributed by atoms with Gasteiger partial charge in [-0.1, -0.05) is 132 Å². The van der Waals surface area contributed by atoms with Crippen molar-refractivity contribution >= 4 is 41.7 Å². The van der Waals surface area contributed by atoms with Gasteiger partial charge in [0.05, 0.1) is 5.16 Å². The highest BCUT2D eigenvalue weighted by atomic mass is 35.7. The third-order valence-electron chi connectivity index (χ3n) is 5.26. The van der Waals surface area contributed by atoms with Crippen LogP contribution in [0.15, 0.2) is 109 Å². The SMILES string of the molecule is Clc1ccc(CP(Cl)C(c2ccccc2)(c2ccccc2)c2ccccc2)c(Cl)c1. The summed E-state index contributed by atoms with van der Waals surface area (Å²) in [5.74, 6) is 0. The minimum absolute atomic E-state index is 0.483. The van der Waals surface area contributed by atoms with Crippen LogP contribution in [0.25, 0.3) is 0 Å². The molecule has 4 aromatic rings. The first-order chi connectivity index (χ1) is 14.6. The Bertz CT molecular complexity index is 1000. The molecule has 0 amide bonds. The smallest absolute Gasteiger partial charge is 0.0793 e. The van der Waals surface area contributed by atoms with Crippen LogP contribution >= 0.6 is 41.7 Å². The second-order valence-electron chi connectivity index (χ2n) is 7.06. The van der Waals surface area contributed by atoms with Gasteiger partial charge in [0.1, 0.15) is 0 Å². The average molecular weight is 470 g/mol. The highest BCUT2D eigenvalue weighted by molar-refractivity contribution is 7.84. The van der Waals surface area contributed by atoms with E-state index in [2.05, 4.69) is 72.8 Å². The van der Waals surface area contributed by atoms with Crippen molar-refractivity contribution < 1.29 is 0 Å². The minimum atomic E-state index is -1.11. The molecule has 0 aliphatic rings. The summed E-state index contributed by atoms with van der Waals surface area (Å²) in [5, 5.41) is 0.797. The molecule has 0 aromatic heterocycles. The molecule has 4 heteroatoms. The lowest BCUT2D eigenvalue weighted by molar-refractivity contribution is 0.879. The first-order valence-electron chi connectivity index (χ1n) is 9.66. The predicted octanol–water partition coefficient (Wildman–Crippen LogP) is 9.12. The lowest BCUT2D eigenvalue weighted by atomic mass is 9.84. The molecule has 0 N–H and O–H groups in total. The summed E-state index contributed by atoms with van der Waals surface area (Å²) in [6.45, 7) is 0. The molecular formula is C26H20Cl3P. The van der Waals surface area contributed by atoms with Crippen molar-refractivity contribution in [3.8, 4) is 0 Å². The van der Waals surface area contributed by atoms with Crippen LogP contribution in [0, 0.1) is 0 Å². The van der Waals surface area contributed by atoms with Gasteiger partial charge in [0.25, 0.3) is 0 Å². The Balaban J connectivity index is 1.94. The lowest BCUT2D eigenvalue weighted by Gasteiger charge is -2.40. The van der Waals surface area contributed by atoms with Crippen LogP contribution in [-0.4, -0.2) is 0 Å². The van der Waals surface area contributed by atoms with E-state index in [1.54, 1.807) is 6.07 Å². The van der Waals surface area contributed by atoms with Gasteiger partial charge >= 0.3 is 0 Å². The molecule has 0 fully saturated rings. The fourth-order valence-corrected chi connectivity index (χ4v) is 7.81. The Morgan fingerprint density at radius 1 is 0.600 bits per heavy atom. The van der Waals surface area contributed by atoms with Crippen LogP contribution in [-0.2, 0) is 11.3 Å². The molecule has 4 aromatic carbocycles. The topological polar surface area (TPSA) is 0 Å². The first kappa shape index (κ1) is 21.4. The Hall–Kier alpha value is -1.82. The summed E-state index contributed by atoms with van der Waals surface area (Å²) in [7, 11) is -1.11. The maximum atomic E-state index is 7.43. The molecule has 1 atom stereocenters. The zero-order chi connectivity index (χ0) is 21.0. The summed E-state index contributed by atoms with van der Waals surface area (Å²) < 4.78 is 0. The summed E-state index contributed by atoms with van der Waals surface area (Å²) >= 11 is 20.1. The van der Waals surface area contributed by atoms with Gasteiger partial charge in [-0.2, -0.15) is 0 Å². The van der Waals surface area contributed by atoms with Crippen molar-refractivity contribution in [1.82, 2.24) is 0 Å². The van der Waals surface area contributed by atoms with Gasteiger partial charge in [0, 0.05) is 23.5 Å². The first-order valence-corrected chi connectivity index (χ1v) is 12.8. The third kappa shape index (κ3) is 4.16. The van der Waals surface area contributed by atoms with E-state index in [1.807, 2.05) is 30.3 Å². The van der Waals surface area contributed by atoms with E-state index in [0.29, 0.717) is 16.2 Å². The quantitative estimate of drug-likeness (QED) is 0.195. The number of hydrogen-bond acceptors (Lipinski definition) is 0. The molecule has 30 heavy (non-hydrogen) atoms. The molecule has 0 bridgehead atoms. The number of rotatable bonds is 6. The summed E-state index contributed by atoms with van der Waals surface area (Å²) in [6.07, 6.45) is 0.658. The molecule has 0 spiro atoms. The molecule has 0 aliphatic heterocycles. The summed E-state index contributed by atoms with van der Waals surface area (Å²) in [4.78, 5) is 0. The molecule has 1 unspecified atom stereocenters. The summed E-state index contributed by atoms with van der Waals surface area (Å²) in [6, 6.07) is 37.2. The molecule has 150 valence electrons. The van der Waals surface area contributed by atoms with Crippen LogP contribution < -0.4 is 0 Å². The van der Waals surface area contributed by atoms with Crippen LogP contribution in [0.2, 0.25) is 10.0 Å². The molecule has 0 saturated heterocycles. The average Bonchev–Trinajstić information content (AvgIpc) is 2.78. The van der Waals surface area contributed by atoms with E-state index in [9.17, 15) is 0 Å². The minimum Gasteiger partial charge on any atom is -0.0944 e. The lowest BCUT2D eigenvalue weighted by Crippen LogP contribution is -2.26. The van der Waals surface area contributed by atoms with Gasteiger partial charge in [0.15, 0.2) is 0 Å². The summed E-state index contributed by atoms with van der Waals surface area (Å²) in [5.41, 5.74) is 4.53. The van der Waals surface area contributed by atoms with Crippen molar-refractivity contribution in [1.29, 1.82) is 0 Å². The fourth-order valence-electron chi connectivity index (χ4n) is 3.88. The molecular weight excluding hydrogens is 450 g/mol.